The van der Waals surface area contributed by atoms with Crippen molar-refractivity contribution in [3.05, 3.63) is 101 Å². The van der Waals surface area contributed by atoms with E-state index in [1.807, 2.05) is 42.5 Å². The van der Waals surface area contributed by atoms with Crippen LogP contribution in [0.25, 0.3) is 10.8 Å². The summed E-state index contributed by atoms with van der Waals surface area (Å²) < 4.78 is 10.9. The van der Waals surface area contributed by atoms with Crippen molar-refractivity contribution in [3.8, 4) is 11.5 Å². The minimum Gasteiger partial charge on any atom is -0.493 e. The van der Waals surface area contributed by atoms with Crippen LogP contribution in [0.15, 0.2) is 78.9 Å². The van der Waals surface area contributed by atoms with E-state index in [9.17, 15) is 9.59 Å². The van der Waals surface area contributed by atoms with Crippen LogP contribution in [-0.2, 0) is 13.0 Å². The number of para-hydroxylation sites is 1. The van der Waals surface area contributed by atoms with Crippen molar-refractivity contribution in [1.29, 1.82) is 0 Å². The van der Waals surface area contributed by atoms with Crippen molar-refractivity contribution in [2.45, 2.75) is 13.0 Å². The Labute approximate surface area is 222 Å². The Bertz CT molecular complexity index is 1480. The number of ether oxygens (including phenoxy) is 2. The van der Waals surface area contributed by atoms with E-state index in [1.54, 1.807) is 44.6 Å². The Kier molecular flexibility index (Phi) is 7.56. The van der Waals surface area contributed by atoms with Gasteiger partial charge in [-0.3, -0.25) is 14.5 Å². The third-order valence-electron chi connectivity index (χ3n) is 6.94. The second-order valence-electron chi connectivity index (χ2n) is 9.32. The highest BCUT2D eigenvalue weighted by atomic mass is 16.5. The lowest BCUT2D eigenvalue weighted by molar-refractivity contribution is 0.0948. The zero-order valence-electron chi connectivity index (χ0n) is 21.6. The van der Waals surface area contributed by atoms with Crippen LogP contribution < -0.4 is 20.1 Å². The molecule has 0 aromatic heterocycles. The molecule has 0 fully saturated rings. The Morgan fingerprint density at radius 1 is 0.816 bits per heavy atom. The molecule has 1 aliphatic rings. The second kappa shape index (κ2) is 11.4. The fourth-order valence-corrected chi connectivity index (χ4v) is 4.87. The van der Waals surface area contributed by atoms with Gasteiger partial charge in [-0.2, -0.15) is 0 Å². The lowest BCUT2D eigenvalue weighted by Crippen LogP contribution is -2.38. The molecule has 194 valence electrons. The number of benzene rings is 4. The third-order valence-corrected chi connectivity index (χ3v) is 6.94. The van der Waals surface area contributed by atoms with Crippen molar-refractivity contribution in [1.82, 2.24) is 10.2 Å². The molecule has 0 saturated carbocycles. The average molecular weight is 510 g/mol. The molecule has 38 heavy (non-hydrogen) atoms. The van der Waals surface area contributed by atoms with Crippen LogP contribution in [0.5, 0.6) is 11.5 Å². The van der Waals surface area contributed by atoms with E-state index in [0.29, 0.717) is 29.9 Å². The van der Waals surface area contributed by atoms with Crippen molar-refractivity contribution in [2.24, 2.45) is 0 Å². The van der Waals surface area contributed by atoms with E-state index < -0.39 is 0 Å². The highest BCUT2D eigenvalue weighted by Crippen LogP contribution is 2.33. The average Bonchev–Trinajstić information content (AvgIpc) is 2.96. The molecule has 0 saturated heterocycles. The first-order valence-electron chi connectivity index (χ1n) is 12.7. The number of carbonyl (C=O) groups is 2. The SMILES string of the molecule is COc1cc2c(cc1OC)CN(CCNC(=O)c1ccccc1NC(=O)c1ccc3ccccc3c1)CC2. The maximum atomic E-state index is 13.0. The number of anilines is 1. The Balaban J connectivity index is 1.19. The van der Waals surface area contributed by atoms with E-state index >= 15 is 0 Å². The van der Waals surface area contributed by atoms with Gasteiger partial charge < -0.3 is 20.1 Å². The predicted octanol–water partition coefficient (Wildman–Crippen LogP) is 4.90. The fraction of sp³-hybridized carbons (Fsp3) is 0.226. The molecule has 5 rings (SSSR count). The summed E-state index contributed by atoms with van der Waals surface area (Å²) in [5.74, 6) is 1.00. The molecule has 1 aliphatic heterocycles. The maximum Gasteiger partial charge on any atom is 0.255 e. The lowest BCUT2D eigenvalue weighted by atomic mass is 9.99. The van der Waals surface area contributed by atoms with Gasteiger partial charge in [-0.25, -0.2) is 0 Å². The Hall–Kier alpha value is -4.36. The first-order chi connectivity index (χ1) is 18.6. The van der Waals surface area contributed by atoms with Crippen molar-refractivity contribution < 1.29 is 19.1 Å². The standard InChI is InChI=1S/C31H31N3O4/c1-37-28-18-23-13-15-34(20-25(23)19-29(28)38-2)16-14-32-31(36)26-9-5-6-10-27(26)33-30(35)24-12-11-21-7-3-4-8-22(21)17-24/h3-12,17-19H,13-16,20H2,1-2H3,(H,32,36)(H,33,35). The van der Waals surface area contributed by atoms with Crippen LogP contribution in [0.1, 0.15) is 31.8 Å². The van der Waals surface area contributed by atoms with E-state index in [0.717, 1.165) is 41.8 Å². The summed E-state index contributed by atoms with van der Waals surface area (Å²) in [6, 6.07) is 24.6. The molecule has 2 N–H and O–H groups in total. The smallest absolute Gasteiger partial charge is 0.255 e. The quantitative estimate of drug-likeness (QED) is 0.353. The molecule has 4 aromatic carbocycles. The van der Waals surface area contributed by atoms with Gasteiger partial charge in [0.15, 0.2) is 11.5 Å². The summed E-state index contributed by atoms with van der Waals surface area (Å²) in [6.45, 7) is 2.89. The van der Waals surface area contributed by atoms with Crippen LogP contribution >= 0.6 is 0 Å². The van der Waals surface area contributed by atoms with Crippen LogP contribution in [0.2, 0.25) is 0 Å². The van der Waals surface area contributed by atoms with Crippen LogP contribution in [0.3, 0.4) is 0 Å². The number of hydrogen-bond donors (Lipinski definition) is 2. The zero-order valence-corrected chi connectivity index (χ0v) is 21.6. The van der Waals surface area contributed by atoms with E-state index in [4.69, 9.17) is 9.47 Å². The summed E-state index contributed by atoms with van der Waals surface area (Å²) in [4.78, 5) is 28.3. The molecule has 0 spiro atoms. The van der Waals surface area contributed by atoms with Gasteiger partial charge in [-0.05, 0) is 64.7 Å². The molecule has 4 aromatic rings. The molecule has 0 radical (unpaired) electrons. The minimum absolute atomic E-state index is 0.219. The third kappa shape index (κ3) is 5.48. The topological polar surface area (TPSA) is 79.9 Å². The van der Waals surface area contributed by atoms with Gasteiger partial charge in [0.05, 0.1) is 25.5 Å². The first kappa shape index (κ1) is 25.3. The zero-order chi connectivity index (χ0) is 26.5. The molecule has 7 heteroatoms. The summed E-state index contributed by atoms with van der Waals surface area (Å²) in [5.41, 5.74) is 3.93. The van der Waals surface area contributed by atoms with Gasteiger partial charge in [-0.15, -0.1) is 0 Å². The number of fused-ring (bicyclic) bond motifs is 2. The molecular weight excluding hydrogens is 478 g/mol. The molecule has 0 atom stereocenters. The normalized spacial score (nSPS) is 13.0. The number of rotatable bonds is 8. The van der Waals surface area contributed by atoms with Crippen LogP contribution in [0, 0.1) is 0 Å². The van der Waals surface area contributed by atoms with Gasteiger partial charge in [0, 0.05) is 31.7 Å². The van der Waals surface area contributed by atoms with Gasteiger partial charge >= 0.3 is 0 Å². The van der Waals surface area contributed by atoms with Gasteiger partial charge in [0.25, 0.3) is 11.8 Å². The van der Waals surface area contributed by atoms with Gasteiger partial charge in [-0.1, -0.05) is 42.5 Å². The maximum absolute atomic E-state index is 13.0. The fourth-order valence-electron chi connectivity index (χ4n) is 4.87. The highest BCUT2D eigenvalue weighted by molar-refractivity contribution is 6.10. The number of nitrogens with zero attached hydrogens (tertiary/aromatic N) is 1. The molecule has 7 nitrogen and oxygen atoms in total. The number of methoxy groups -OCH3 is 2. The largest absolute Gasteiger partial charge is 0.493 e. The first-order valence-corrected chi connectivity index (χ1v) is 12.7. The van der Waals surface area contributed by atoms with Crippen molar-refractivity contribution in [2.75, 3.05) is 39.2 Å². The van der Waals surface area contributed by atoms with Crippen molar-refractivity contribution >= 4 is 28.3 Å². The number of nitrogens with one attached hydrogen (secondary N) is 2. The molecule has 1 heterocycles. The van der Waals surface area contributed by atoms with Crippen LogP contribution in [-0.4, -0.2) is 50.6 Å². The Morgan fingerprint density at radius 2 is 1.53 bits per heavy atom. The predicted molar refractivity (Wildman–Crippen MR) is 149 cm³/mol. The van der Waals surface area contributed by atoms with Gasteiger partial charge in [0.1, 0.15) is 0 Å². The minimum atomic E-state index is -0.255. The molecule has 0 bridgehead atoms. The lowest BCUT2D eigenvalue weighted by Gasteiger charge is -2.29. The van der Waals surface area contributed by atoms with Crippen LogP contribution in [0.4, 0.5) is 5.69 Å². The number of carbonyl (C=O) groups excluding carboxylic acids is 2. The summed E-state index contributed by atoms with van der Waals surface area (Å²) in [5, 5.41) is 7.98. The molecule has 0 unspecified atom stereocenters. The Morgan fingerprint density at radius 3 is 2.32 bits per heavy atom. The number of hydrogen-bond acceptors (Lipinski definition) is 5. The number of amides is 2. The van der Waals surface area contributed by atoms with Crippen molar-refractivity contribution in [3.63, 3.8) is 0 Å². The molecular formula is C31H31N3O4. The molecule has 2 amide bonds. The van der Waals surface area contributed by atoms with E-state index in [-0.39, 0.29) is 11.8 Å². The molecule has 0 aliphatic carbocycles. The highest BCUT2D eigenvalue weighted by Gasteiger charge is 2.20. The monoisotopic (exact) mass is 509 g/mol. The van der Waals surface area contributed by atoms with Gasteiger partial charge in [0.2, 0.25) is 0 Å². The summed E-state index contributed by atoms with van der Waals surface area (Å²) >= 11 is 0. The van der Waals surface area contributed by atoms with E-state index in [1.165, 1.54) is 11.1 Å². The second-order valence-corrected chi connectivity index (χ2v) is 9.32. The summed E-state index contributed by atoms with van der Waals surface area (Å²) in [7, 11) is 3.29. The van der Waals surface area contributed by atoms with E-state index in [2.05, 4.69) is 21.6 Å². The summed E-state index contributed by atoms with van der Waals surface area (Å²) in [6.07, 6.45) is 0.910.